The third-order valence-electron chi connectivity index (χ3n) is 3.26. The van der Waals surface area contributed by atoms with Crippen molar-refractivity contribution in [1.82, 2.24) is 15.0 Å². The van der Waals surface area contributed by atoms with E-state index in [4.69, 9.17) is 0 Å². The summed E-state index contributed by atoms with van der Waals surface area (Å²) in [5.41, 5.74) is 0.944. The molecule has 1 atom stereocenters. The maximum Gasteiger partial charge on any atom is 0.154 e. The Morgan fingerprint density at radius 1 is 1.38 bits per heavy atom. The van der Waals surface area contributed by atoms with Gasteiger partial charge in [0.1, 0.15) is 0 Å². The minimum Gasteiger partial charge on any atom is -0.247 e. The van der Waals surface area contributed by atoms with E-state index in [-0.39, 0.29) is 17.5 Å². The van der Waals surface area contributed by atoms with E-state index in [1.54, 1.807) is 4.68 Å². The summed E-state index contributed by atoms with van der Waals surface area (Å²) in [5.74, 6) is 1.26. The standard InChI is InChI=1S/C10H17N3O2S/c1-7(2)8(3)10-4-13(12-11-10)9-5-16(14,15)6-9/h4,7-9H,5-6H2,1-3H3. The van der Waals surface area contributed by atoms with Crippen molar-refractivity contribution in [3.8, 4) is 0 Å². The van der Waals surface area contributed by atoms with Gasteiger partial charge in [-0.05, 0) is 5.92 Å². The van der Waals surface area contributed by atoms with E-state index in [9.17, 15) is 8.42 Å². The van der Waals surface area contributed by atoms with Gasteiger partial charge in [0.15, 0.2) is 9.84 Å². The van der Waals surface area contributed by atoms with Gasteiger partial charge in [0.05, 0.1) is 23.2 Å². The smallest absolute Gasteiger partial charge is 0.154 e. The van der Waals surface area contributed by atoms with Crippen molar-refractivity contribution in [1.29, 1.82) is 0 Å². The predicted octanol–water partition coefficient (Wildman–Crippen LogP) is 1.01. The molecule has 1 aromatic heterocycles. The summed E-state index contributed by atoms with van der Waals surface area (Å²) in [4.78, 5) is 0. The monoisotopic (exact) mass is 243 g/mol. The third kappa shape index (κ3) is 2.11. The van der Waals surface area contributed by atoms with E-state index < -0.39 is 9.84 Å². The molecule has 0 radical (unpaired) electrons. The van der Waals surface area contributed by atoms with E-state index in [2.05, 4.69) is 31.1 Å². The Balaban J connectivity index is 2.09. The average molecular weight is 243 g/mol. The molecule has 1 aliphatic heterocycles. The van der Waals surface area contributed by atoms with Gasteiger partial charge in [-0.1, -0.05) is 26.0 Å². The molecular formula is C10H17N3O2S. The van der Waals surface area contributed by atoms with Crippen LogP contribution >= 0.6 is 0 Å². The molecule has 1 unspecified atom stereocenters. The predicted molar refractivity (Wildman–Crippen MR) is 61.0 cm³/mol. The Hall–Kier alpha value is -0.910. The van der Waals surface area contributed by atoms with Crippen molar-refractivity contribution in [3.05, 3.63) is 11.9 Å². The van der Waals surface area contributed by atoms with Gasteiger partial charge in [0, 0.05) is 12.1 Å². The largest absolute Gasteiger partial charge is 0.247 e. The summed E-state index contributed by atoms with van der Waals surface area (Å²) in [6.45, 7) is 6.38. The fraction of sp³-hybridized carbons (Fsp3) is 0.800. The summed E-state index contributed by atoms with van der Waals surface area (Å²) >= 11 is 0. The second-order valence-electron chi connectivity index (χ2n) is 4.89. The molecule has 1 saturated heterocycles. The van der Waals surface area contributed by atoms with Crippen LogP contribution in [-0.4, -0.2) is 34.9 Å². The van der Waals surface area contributed by atoms with Crippen molar-refractivity contribution >= 4 is 9.84 Å². The highest BCUT2D eigenvalue weighted by molar-refractivity contribution is 7.92. The number of nitrogens with zero attached hydrogens (tertiary/aromatic N) is 3. The van der Waals surface area contributed by atoms with E-state index in [1.165, 1.54) is 0 Å². The number of hydrogen-bond acceptors (Lipinski definition) is 4. The summed E-state index contributed by atoms with van der Waals surface area (Å²) in [6, 6.07) is -0.00869. The van der Waals surface area contributed by atoms with Crippen LogP contribution in [0.1, 0.15) is 38.4 Å². The molecular weight excluding hydrogens is 226 g/mol. The molecule has 5 nitrogen and oxygen atoms in total. The lowest BCUT2D eigenvalue weighted by Gasteiger charge is -2.25. The Kier molecular flexibility index (Phi) is 2.77. The first-order valence-corrected chi connectivity index (χ1v) is 7.33. The first-order valence-electron chi connectivity index (χ1n) is 5.51. The summed E-state index contributed by atoms with van der Waals surface area (Å²) < 4.78 is 23.8. The topological polar surface area (TPSA) is 64.8 Å². The highest BCUT2D eigenvalue weighted by atomic mass is 32.2. The molecule has 16 heavy (non-hydrogen) atoms. The van der Waals surface area contributed by atoms with Crippen LogP contribution in [0.15, 0.2) is 6.20 Å². The maximum atomic E-state index is 11.1. The van der Waals surface area contributed by atoms with Crippen molar-refractivity contribution in [3.63, 3.8) is 0 Å². The van der Waals surface area contributed by atoms with Gasteiger partial charge >= 0.3 is 0 Å². The lowest BCUT2D eigenvalue weighted by Crippen LogP contribution is -2.38. The van der Waals surface area contributed by atoms with Crippen LogP contribution in [0, 0.1) is 5.92 Å². The zero-order valence-electron chi connectivity index (χ0n) is 9.79. The van der Waals surface area contributed by atoms with Crippen LogP contribution in [0.3, 0.4) is 0 Å². The molecule has 2 rings (SSSR count). The number of sulfone groups is 1. The van der Waals surface area contributed by atoms with E-state index in [0.717, 1.165) is 5.69 Å². The van der Waals surface area contributed by atoms with E-state index in [1.807, 2.05) is 6.20 Å². The maximum absolute atomic E-state index is 11.1. The SMILES string of the molecule is CC(C)C(C)c1cn(C2CS(=O)(=O)C2)nn1. The van der Waals surface area contributed by atoms with Gasteiger partial charge in [-0.25, -0.2) is 13.1 Å². The van der Waals surface area contributed by atoms with Gasteiger partial charge in [-0.2, -0.15) is 0 Å². The normalized spacial score (nSPS) is 22.0. The van der Waals surface area contributed by atoms with Gasteiger partial charge < -0.3 is 0 Å². The summed E-state index contributed by atoms with van der Waals surface area (Å²) in [5, 5.41) is 8.12. The summed E-state index contributed by atoms with van der Waals surface area (Å²) in [7, 11) is -2.79. The van der Waals surface area contributed by atoms with E-state index >= 15 is 0 Å². The molecule has 1 aliphatic rings. The lowest BCUT2D eigenvalue weighted by atomic mass is 9.95. The molecule has 1 fully saturated rings. The first-order chi connectivity index (χ1) is 7.39. The van der Waals surface area contributed by atoms with Crippen molar-refractivity contribution < 1.29 is 8.42 Å². The fourth-order valence-electron chi connectivity index (χ4n) is 1.71. The third-order valence-corrected chi connectivity index (χ3v) is 5.05. The van der Waals surface area contributed by atoms with Crippen molar-refractivity contribution in [2.75, 3.05) is 11.5 Å². The zero-order chi connectivity index (χ0) is 11.9. The fourth-order valence-corrected chi connectivity index (χ4v) is 3.09. The van der Waals surface area contributed by atoms with Crippen LogP contribution in [0.2, 0.25) is 0 Å². The minimum atomic E-state index is -2.79. The Bertz CT molecular complexity index is 466. The summed E-state index contributed by atoms with van der Waals surface area (Å²) in [6.07, 6.45) is 1.88. The van der Waals surface area contributed by atoms with Crippen LogP contribution in [-0.2, 0) is 9.84 Å². The molecule has 0 amide bonds. The Labute approximate surface area is 95.8 Å². The van der Waals surface area contributed by atoms with Crippen LogP contribution in [0.25, 0.3) is 0 Å². The van der Waals surface area contributed by atoms with Gasteiger partial charge in [-0.3, -0.25) is 0 Å². The molecule has 90 valence electrons. The number of rotatable bonds is 3. The molecule has 1 aromatic rings. The van der Waals surface area contributed by atoms with Gasteiger partial charge in [-0.15, -0.1) is 5.10 Å². The van der Waals surface area contributed by atoms with Gasteiger partial charge in [0.2, 0.25) is 0 Å². The Morgan fingerprint density at radius 2 is 2.00 bits per heavy atom. The molecule has 0 aromatic carbocycles. The van der Waals surface area contributed by atoms with Crippen molar-refractivity contribution in [2.45, 2.75) is 32.7 Å². The zero-order valence-corrected chi connectivity index (χ0v) is 10.6. The molecule has 0 bridgehead atoms. The first kappa shape index (κ1) is 11.6. The van der Waals surface area contributed by atoms with Gasteiger partial charge in [0.25, 0.3) is 0 Å². The number of hydrogen-bond donors (Lipinski definition) is 0. The van der Waals surface area contributed by atoms with Crippen molar-refractivity contribution in [2.24, 2.45) is 5.92 Å². The highest BCUT2D eigenvalue weighted by Crippen LogP contribution is 2.26. The lowest BCUT2D eigenvalue weighted by molar-refractivity contribution is 0.463. The average Bonchev–Trinajstić information content (AvgIpc) is 2.61. The molecule has 0 N–H and O–H groups in total. The molecule has 0 spiro atoms. The second-order valence-corrected chi connectivity index (χ2v) is 7.04. The molecule has 6 heteroatoms. The molecule has 0 saturated carbocycles. The quantitative estimate of drug-likeness (QED) is 0.794. The molecule has 0 aliphatic carbocycles. The van der Waals surface area contributed by atoms with Crippen LogP contribution < -0.4 is 0 Å². The van der Waals surface area contributed by atoms with Crippen LogP contribution in [0.4, 0.5) is 0 Å². The highest BCUT2D eigenvalue weighted by Gasteiger charge is 2.35. The molecule has 2 heterocycles. The Morgan fingerprint density at radius 3 is 2.50 bits per heavy atom. The second kappa shape index (κ2) is 3.84. The van der Waals surface area contributed by atoms with E-state index in [0.29, 0.717) is 11.8 Å². The van der Waals surface area contributed by atoms with Crippen LogP contribution in [0.5, 0.6) is 0 Å². The minimum absolute atomic E-state index is 0.00869. The number of aromatic nitrogens is 3.